The Kier molecular flexibility index (Phi) is 4.71. The van der Waals surface area contributed by atoms with Crippen LogP contribution in [0.2, 0.25) is 0 Å². The molecule has 0 aliphatic rings. The van der Waals surface area contributed by atoms with Gasteiger partial charge in [0.05, 0.1) is 4.92 Å². The van der Waals surface area contributed by atoms with Crippen LogP contribution in [0.25, 0.3) is 0 Å². The van der Waals surface area contributed by atoms with Gasteiger partial charge in [0, 0.05) is 23.5 Å². The summed E-state index contributed by atoms with van der Waals surface area (Å²) < 4.78 is 52.0. The normalized spacial score (nSPS) is 15.1. The second-order valence-corrected chi connectivity index (χ2v) is 5.64. The van der Waals surface area contributed by atoms with Crippen molar-refractivity contribution in [2.45, 2.75) is 37.5 Å². The Hall–Kier alpha value is -2.23. The summed E-state index contributed by atoms with van der Waals surface area (Å²) in [5, 5.41) is 29.2. The number of rotatable bonds is 5. The zero-order valence-corrected chi connectivity index (χ0v) is 12.0. The van der Waals surface area contributed by atoms with E-state index in [-0.39, 0.29) is 0 Å². The van der Waals surface area contributed by atoms with Crippen molar-refractivity contribution in [2.24, 2.45) is 0 Å². The molecule has 0 heterocycles. The molecular weight excluding hydrogens is 326 g/mol. The van der Waals surface area contributed by atoms with Crippen LogP contribution in [0.5, 0.6) is 0 Å². The van der Waals surface area contributed by atoms with E-state index in [1.54, 1.807) is 0 Å². The van der Waals surface area contributed by atoms with Crippen molar-refractivity contribution in [1.29, 1.82) is 0 Å². The lowest BCUT2D eigenvalue weighted by Crippen LogP contribution is -2.55. The number of benzene rings is 1. The molecule has 0 amide bonds. The van der Waals surface area contributed by atoms with E-state index in [1.807, 2.05) is 0 Å². The van der Waals surface area contributed by atoms with E-state index < -0.39 is 51.6 Å². The fraction of sp³-hybridized carbons (Fsp3) is 0.462. The number of halogens is 4. The molecule has 0 saturated heterocycles. The molecule has 1 atom stereocenters. The first-order chi connectivity index (χ1) is 10.2. The number of aliphatic hydroxyl groups is 1. The smallest absolute Gasteiger partial charge is 0.428 e. The predicted octanol–water partition coefficient (Wildman–Crippen LogP) is 2.78. The number of carbonyl (C=O) groups is 1. The van der Waals surface area contributed by atoms with Crippen LogP contribution in [0, 0.1) is 15.9 Å². The van der Waals surface area contributed by atoms with Gasteiger partial charge in [0.1, 0.15) is 5.82 Å². The molecule has 1 aromatic rings. The van der Waals surface area contributed by atoms with E-state index in [0.717, 1.165) is 26.0 Å². The highest BCUT2D eigenvalue weighted by Gasteiger charge is 2.62. The first-order valence-electron chi connectivity index (χ1n) is 6.19. The van der Waals surface area contributed by atoms with Gasteiger partial charge in [-0.1, -0.05) is 13.8 Å². The Bertz CT molecular complexity index is 644. The molecule has 1 rings (SSSR count). The lowest BCUT2D eigenvalue weighted by atomic mass is 9.74. The number of nitro groups is 1. The highest BCUT2D eigenvalue weighted by Crippen LogP contribution is 2.43. The largest absolute Gasteiger partial charge is 0.479 e. The monoisotopic (exact) mass is 339 g/mol. The van der Waals surface area contributed by atoms with Crippen molar-refractivity contribution in [2.75, 3.05) is 0 Å². The molecule has 0 saturated carbocycles. The molecule has 1 aromatic carbocycles. The minimum absolute atomic E-state index is 0.452. The lowest BCUT2D eigenvalue weighted by Gasteiger charge is -2.34. The van der Waals surface area contributed by atoms with E-state index in [2.05, 4.69) is 0 Å². The van der Waals surface area contributed by atoms with Crippen molar-refractivity contribution in [3.63, 3.8) is 0 Å². The zero-order chi connectivity index (χ0) is 18.2. The molecule has 128 valence electrons. The topological polar surface area (TPSA) is 101 Å². The van der Waals surface area contributed by atoms with Gasteiger partial charge in [-0.2, -0.15) is 13.2 Å². The van der Waals surface area contributed by atoms with Gasteiger partial charge in [0.15, 0.2) is 0 Å². The molecule has 2 N–H and O–H groups in total. The average Bonchev–Trinajstić information content (AvgIpc) is 2.36. The fourth-order valence-electron chi connectivity index (χ4n) is 2.24. The molecule has 0 bridgehead atoms. The first-order valence-corrected chi connectivity index (χ1v) is 6.19. The quantitative estimate of drug-likeness (QED) is 0.488. The van der Waals surface area contributed by atoms with Gasteiger partial charge in [-0.3, -0.25) is 10.1 Å². The Morgan fingerprint density at radius 3 is 2.22 bits per heavy atom. The van der Waals surface area contributed by atoms with Gasteiger partial charge in [-0.25, -0.2) is 9.18 Å². The average molecular weight is 339 g/mol. The maximum Gasteiger partial charge on any atom is 0.428 e. The van der Waals surface area contributed by atoms with Gasteiger partial charge in [0.2, 0.25) is 0 Å². The number of nitrogens with zero attached hydrogens (tertiary/aromatic N) is 1. The van der Waals surface area contributed by atoms with Crippen LogP contribution >= 0.6 is 0 Å². The van der Waals surface area contributed by atoms with Crippen molar-refractivity contribution in [3.8, 4) is 0 Å². The molecule has 23 heavy (non-hydrogen) atoms. The molecule has 0 aliphatic carbocycles. The van der Waals surface area contributed by atoms with Gasteiger partial charge in [-0.15, -0.1) is 0 Å². The molecule has 0 aliphatic heterocycles. The van der Waals surface area contributed by atoms with Crippen molar-refractivity contribution < 1.29 is 37.5 Å². The highest BCUT2D eigenvalue weighted by molar-refractivity contribution is 5.78. The molecule has 1 unspecified atom stereocenters. The molecule has 10 heteroatoms. The maximum absolute atomic E-state index is 13.3. The second kappa shape index (κ2) is 5.76. The number of hydrogen-bond acceptors (Lipinski definition) is 4. The second-order valence-electron chi connectivity index (χ2n) is 5.64. The molecule has 0 aromatic heterocycles. The molecular formula is C13H13F4NO5. The Morgan fingerprint density at radius 1 is 1.30 bits per heavy atom. The van der Waals surface area contributed by atoms with Gasteiger partial charge in [0.25, 0.3) is 11.3 Å². The van der Waals surface area contributed by atoms with Crippen molar-refractivity contribution in [3.05, 3.63) is 39.7 Å². The summed E-state index contributed by atoms with van der Waals surface area (Å²) in [4.78, 5) is 20.9. The van der Waals surface area contributed by atoms with E-state index >= 15 is 0 Å². The molecule has 6 nitrogen and oxygen atoms in total. The SMILES string of the molecule is CC(C)(CC(O)(C(=O)O)C(F)(F)F)c1cc(F)ccc1[N+](=O)[O-]. The number of alkyl halides is 3. The molecule has 0 spiro atoms. The van der Waals surface area contributed by atoms with Crippen LogP contribution in [-0.4, -0.2) is 32.9 Å². The van der Waals surface area contributed by atoms with E-state index in [0.29, 0.717) is 6.07 Å². The van der Waals surface area contributed by atoms with Gasteiger partial charge >= 0.3 is 12.1 Å². The van der Waals surface area contributed by atoms with Crippen molar-refractivity contribution in [1.82, 2.24) is 0 Å². The number of aliphatic carboxylic acids is 1. The van der Waals surface area contributed by atoms with Crippen LogP contribution < -0.4 is 0 Å². The summed E-state index contributed by atoms with van der Waals surface area (Å²) in [6, 6.07) is 2.17. The van der Waals surface area contributed by atoms with Crippen LogP contribution in [0.4, 0.5) is 23.2 Å². The molecule has 0 radical (unpaired) electrons. The Balaban J connectivity index is 3.45. The van der Waals surface area contributed by atoms with Crippen LogP contribution in [0.1, 0.15) is 25.8 Å². The van der Waals surface area contributed by atoms with Crippen LogP contribution in [-0.2, 0) is 10.2 Å². The lowest BCUT2D eigenvalue weighted by molar-refractivity contribution is -0.386. The Labute approximate surface area is 127 Å². The number of carboxylic acids is 1. The maximum atomic E-state index is 13.3. The van der Waals surface area contributed by atoms with E-state index in [1.165, 1.54) is 0 Å². The summed E-state index contributed by atoms with van der Waals surface area (Å²) in [6.07, 6.45) is -6.94. The standard InChI is InChI=1S/C13H13F4NO5/c1-11(2,6-12(21,10(19)20)13(15,16)17)8-5-7(14)3-4-9(8)18(22)23/h3-5,21H,6H2,1-2H3,(H,19,20). The summed E-state index contributed by atoms with van der Waals surface area (Å²) in [5.74, 6) is -3.48. The van der Waals surface area contributed by atoms with Crippen LogP contribution in [0.3, 0.4) is 0 Å². The number of nitro benzene ring substituents is 1. The summed E-state index contributed by atoms with van der Waals surface area (Å²) in [5.41, 5.74) is -7.11. The van der Waals surface area contributed by atoms with Gasteiger partial charge < -0.3 is 10.2 Å². The minimum atomic E-state index is -5.52. The first kappa shape index (κ1) is 18.8. The summed E-state index contributed by atoms with van der Waals surface area (Å²) in [7, 11) is 0. The summed E-state index contributed by atoms with van der Waals surface area (Å²) in [6.45, 7) is 2.10. The Morgan fingerprint density at radius 2 is 1.83 bits per heavy atom. The third kappa shape index (κ3) is 3.58. The number of hydrogen-bond donors (Lipinski definition) is 2. The van der Waals surface area contributed by atoms with Gasteiger partial charge in [-0.05, 0) is 12.1 Å². The third-order valence-corrected chi connectivity index (χ3v) is 3.40. The predicted molar refractivity (Wildman–Crippen MR) is 69.3 cm³/mol. The zero-order valence-electron chi connectivity index (χ0n) is 12.0. The highest BCUT2D eigenvalue weighted by atomic mass is 19.4. The third-order valence-electron chi connectivity index (χ3n) is 3.40. The fourth-order valence-corrected chi connectivity index (χ4v) is 2.24. The van der Waals surface area contributed by atoms with Crippen molar-refractivity contribution >= 4 is 11.7 Å². The van der Waals surface area contributed by atoms with Crippen LogP contribution in [0.15, 0.2) is 18.2 Å². The molecule has 0 fully saturated rings. The minimum Gasteiger partial charge on any atom is -0.479 e. The number of carboxylic acid groups (broad SMARTS) is 1. The van der Waals surface area contributed by atoms with E-state index in [9.17, 15) is 37.6 Å². The van der Waals surface area contributed by atoms with E-state index in [4.69, 9.17) is 5.11 Å². The summed E-state index contributed by atoms with van der Waals surface area (Å²) >= 11 is 0.